The Balaban J connectivity index is 1.47. The fourth-order valence-electron chi connectivity index (χ4n) is 4.19. The van der Waals surface area contributed by atoms with Crippen LogP contribution >= 0.6 is 15.9 Å². The molecular formula is C16H19BrO. The Kier molecular flexibility index (Phi) is 2.52. The Morgan fingerprint density at radius 1 is 1.22 bits per heavy atom. The van der Waals surface area contributed by atoms with Crippen LogP contribution in [0.15, 0.2) is 24.3 Å². The van der Waals surface area contributed by atoms with E-state index in [9.17, 15) is 0 Å². The Bertz CT molecular complexity index is 435. The van der Waals surface area contributed by atoms with Crippen LogP contribution in [-0.4, -0.2) is 11.4 Å². The van der Waals surface area contributed by atoms with Crippen LogP contribution in [-0.2, 0) is 6.42 Å². The number of fused-ring (bicyclic) bond motifs is 2. The molecule has 4 rings (SSSR count). The molecule has 0 spiro atoms. The van der Waals surface area contributed by atoms with Gasteiger partial charge >= 0.3 is 0 Å². The van der Waals surface area contributed by atoms with E-state index in [0.29, 0.717) is 11.5 Å². The summed E-state index contributed by atoms with van der Waals surface area (Å²) in [5, 5.41) is 1.16. The molecule has 3 aliphatic rings. The predicted molar refractivity (Wildman–Crippen MR) is 76.2 cm³/mol. The van der Waals surface area contributed by atoms with Crippen LogP contribution < -0.4 is 4.74 Å². The van der Waals surface area contributed by atoms with Crippen LogP contribution in [0.4, 0.5) is 0 Å². The third kappa shape index (κ3) is 1.80. The number of hydrogen-bond acceptors (Lipinski definition) is 1. The van der Waals surface area contributed by atoms with E-state index in [4.69, 9.17) is 4.74 Å². The molecule has 1 aliphatic heterocycles. The van der Waals surface area contributed by atoms with E-state index in [1.165, 1.54) is 31.2 Å². The third-order valence-electron chi connectivity index (χ3n) is 5.12. The quantitative estimate of drug-likeness (QED) is 0.761. The summed E-state index contributed by atoms with van der Waals surface area (Å²) in [6, 6.07) is 8.52. The maximum absolute atomic E-state index is 6.12. The van der Waals surface area contributed by atoms with Gasteiger partial charge in [-0.2, -0.15) is 0 Å². The molecule has 1 aromatic rings. The Morgan fingerprint density at radius 3 is 2.72 bits per heavy atom. The molecule has 96 valence electrons. The minimum absolute atomic E-state index is 0.414. The van der Waals surface area contributed by atoms with Crippen molar-refractivity contribution < 1.29 is 4.74 Å². The fourth-order valence-corrected chi connectivity index (χ4v) is 4.87. The van der Waals surface area contributed by atoms with Crippen molar-refractivity contribution in [1.82, 2.24) is 0 Å². The summed E-state index contributed by atoms with van der Waals surface area (Å²) in [4.78, 5) is 0. The van der Waals surface area contributed by atoms with E-state index < -0.39 is 0 Å². The van der Waals surface area contributed by atoms with Crippen molar-refractivity contribution >= 4 is 15.9 Å². The monoisotopic (exact) mass is 306 g/mol. The number of benzene rings is 1. The van der Waals surface area contributed by atoms with Gasteiger partial charge in [-0.3, -0.25) is 0 Å². The lowest BCUT2D eigenvalue weighted by molar-refractivity contribution is 0.144. The van der Waals surface area contributed by atoms with E-state index >= 15 is 0 Å². The van der Waals surface area contributed by atoms with Crippen LogP contribution in [0.5, 0.6) is 5.75 Å². The van der Waals surface area contributed by atoms with Crippen molar-refractivity contribution in [2.45, 2.75) is 38.2 Å². The molecule has 0 saturated heterocycles. The first kappa shape index (κ1) is 11.3. The van der Waals surface area contributed by atoms with Crippen LogP contribution in [0.25, 0.3) is 0 Å². The van der Waals surface area contributed by atoms with Gasteiger partial charge in [-0.1, -0.05) is 34.1 Å². The second-order valence-electron chi connectivity index (χ2n) is 6.55. The van der Waals surface area contributed by atoms with Crippen molar-refractivity contribution in [2.24, 2.45) is 17.3 Å². The van der Waals surface area contributed by atoms with Crippen LogP contribution in [0.1, 0.15) is 31.2 Å². The largest absolute Gasteiger partial charge is 0.490 e. The van der Waals surface area contributed by atoms with E-state index in [0.717, 1.165) is 29.3 Å². The Morgan fingerprint density at radius 2 is 2.00 bits per heavy atom. The number of alkyl halides is 1. The number of para-hydroxylation sites is 1. The summed E-state index contributed by atoms with van der Waals surface area (Å²) in [6.45, 7) is 0. The lowest BCUT2D eigenvalue weighted by atomic mass is 9.79. The SMILES string of the molecule is BrCC1(CC2Cc3ccccc3O2)CC2CC2C1. The van der Waals surface area contributed by atoms with Gasteiger partial charge in [-0.15, -0.1) is 0 Å². The van der Waals surface area contributed by atoms with Gasteiger partial charge in [-0.05, 0) is 54.6 Å². The lowest BCUT2D eigenvalue weighted by Gasteiger charge is -2.31. The van der Waals surface area contributed by atoms with Gasteiger partial charge in [0.05, 0.1) is 0 Å². The summed E-state index contributed by atoms with van der Waals surface area (Å²) < 4.78 is 6.12. The second kappa shape index (κ2) is 4.00. The van der Waals surface area contributed by atoms with Crippen molar-refractivity contribution in [3.05, 3.63) is 29.8 Å². The maximum atomic E-state index is 6.12. The Hall–Kier alpha value is -0.500. The number of rotatable bonds is 3. The van der Waals surface area contributed by atoms with E-state index in [1.54, 1.807) is 0 Å². The Labute approximate surface area is 117 Å². The zero-order valence-corrected chi connectivity index (χ0v) is 12.2. The number of halogens is 1. The van der Waals surface area contributed by atoms with Crippen LogP contribution in [0.2, 0.25) is 0 Å². The summed E-state index contributed by atoms with van der Waals surface area (Å²) in [5.74, 6) is 3.22. The predicted octanol–water partition coefficient (Wildman–Crippen LogP) is 4.19. The van der Waals surface area contributed by atoms with Crippen molar-refractivity contribution in [3.8, 4) is 5.75 Å². The molecular weight excluding hydrogens is 288 g/mol. The highest BCUT2D eigenvalue weighted by atomic mass is 79.9. The molecule has 3 unspecified atom stereocenters. The van der Waals surface area contributed by atoms with Crippen LogP contribution in [0, 0.1) is 17.3 Å². The molecule has 0 radical (unpaired) electrons. The standard InChI is InChI=1S/C16H19BrO/c17-10-16(7-12-5-13(12)8-16)9-14-6-11-3-1-2-4-15(11)18-14/h1-4,12-14H,5-10H2. The molecule has 1 nitrogen and oxygen atoms in total. The first-order valence-corrected chi connectivity index (χ1v) is 8.21. The second-order valence-corrected chi connectivity index (χ2v) is 7.11. The molecule has 0 N–H and O–H groups in total. The average molecular weight is 307 g/mol. The van der Waals surface area contributed by atoms with Gasteiger partial charge in [-0.25, -0.2) is 0 Å². The molecule has 0 aromatic heterocycles. The molecule has 3 atom stereocenters. The lowest BCUT2D eigenvalue weighted by Crippen LogP contribution is -2.29. The first-order valence-electron chi connectivity index (χ1n) is 7.09. The van der Waals surface area contributed by atoms with E-state index in [2.05, 4.69) is 40.2 Å². The molecule has 2 aliphatic carbocycles. The summed E-state index contributed by atoms with van der Waals surface area (Å²) >= 11 is 3.77. The molecule has 1 heterocycles. The summed E-state index contributed by atoms with van der Waals surface area (Å²) in [7, 11) is 0. The van der Waals surface area contributed by atoms with Crippen LogP contribution in [0.3, 0.4) is 0 Å². The average Bonchev–Trinajstić information content (AvgIpc) is 2.85. The van der Waals surface area contributed by atoms with Crippen molar-refractivity contribution in [3.63, 3.8) is 0 Å². The smallest absolute Gasteiger partial charge is 0.123 e. The minimum atomic E-state index is 0.414. The van der Waals surface area contributed by atoms with Gasteiger partial charge in [0.15, 0.2) is 0 Å². The highest BCUT2D eigenvalue weighted by molar-refractivity contribution is 9.09. The zero-order valence-electron chi connectivity index (χ0n) is 10.6. The molecule has 1 aromatic carbocycles. The van der Waals surface area contributed by atoms with E-state index in [1.807, 2.05) is 0 Å². The molecule has 18 heavy (non-hydrogen) atoms. The van der Waals surface area contributed by atoms with Crippen molar-refractivity contribution in [1.29, 1.82) is 0 Å². The minimum Gasteiger partial charge on any atom is -0.490 e. The highest BCUT2D eigenvalue weighted by Gasteiger charge is 2.54. The normalized spacial score (nSPS) is 40.2. The van der Waals surface area contributed by atoms with Crippen molar-refractivity contribution in [2.75, 3.05) is 5.33 Å². The number of hydrogen-bond donors (Lipinski definition) is 0. The van der Waals surface area contributed by atoms with E-state index in [-0.39, 0.29) is 0 Å². The van der Waals surface area contributed by atoms with Gasteiger partial charge < -0.3 is 4.74 Å². The van der Waals surface area contributed by atoms with Gasteiger partial charge in [0.2, 0.25) is 0 Å². The number of ether oxygens (including phenoxy) is 1. The first-order chi connectivity index (χ1) is 8.78. The summed E-state index contributed by atoms with van der Waals surface area (Å²) in [5.41, 5.74) is 1.93. The molecule has 0 bridgehead atoms. The fraction of sp³-hybridized carbons (Fsp3) is 0.625. The molecule has 2 heteroatoms. The summed E-state index contributed by atoms with van der Waals surface area (Å²) in [6.07, 6.45) is 7.12. The van der Waals surface area contributed by atoms with Gasteiger partial charge in [0.1, 0.15) is 11.9 Å². The topological polar surface area (TPSA) is 9.23 Å². The van der Waals surface area contributed by atoms with Gasteiger partial charge in [0, 0.05) is 11.8 Å². The third-order valence-corrected chi connectivity index (χ3v) is 6.31. The highest BCUT2D eigenvalue weighted by Crippen LogP contribution is 2.62. The molecule has 2 fully saturated rings. The molecule has 2 saturated carbocycles. The van der Waals surface area contributed by atoms with Gasteiger partial charge in [0.25, 0.3) is 0 Å². The maximum Gasteiger partial charge on any atom is 0.123 e. The zero-order chi connectivity index (χ0) is 12.2. The molecule has 0 amide bonds.